The summed E-state index contributed by atoms with van der Waals surface area (Å²) in [6.45, 7) is 3.26. The minimum absolute atomic E-state index is 0.00633. The number of rotatable bonds is 7. The van der Waals surface area contributed by atoms with Crippen molar-refractivity contribution in [3.05, 3.63) is 75.5 Å². The van der Waals surface area contributed by atoms with Crippen molar-refractivity contribution in [3.8, 4) is 22.8 Å². The highest BCUT2D eigenvalue weighted by molar-refractivity contribution is 5.98. The Bertz CT molecular complexity index is 1300. The van der Waals surface area contributed by atoms with Crippen molar-refractivity contribution in [2.75, 3.05) is 6.79 Å². The van der Waals surface area contributed by atoms with Crippen LogP contribution >= 0.6 is 0 Å². The molecule has 2 N–H and O–H groups in total. The van der Waals surface area contributed by atoms with Crippen LogP contribution in [0.25, 0.3) is 11.3 Å². The van der Waals surface area contributed by atoms with Gasteiger partial charge in [-0.3, -0.25) is 19.7 Å². The van der Waals surface area contributed by atoms with Gasteiger partial charge < -0.3 is 19.2 Å². The lowest BCUT2D eigenvalue weighted by Crippen LogP contribution is -2.43. The van der Waals surface area contributed by atoms with E-state index in [1.807, 2.05) is 0 Å². The SMILES string of the molecule is Cc1c(-c2ccc(/C=N\NC(=O)[C@H](C)NC(=O)c3ccc4c(c3)OCO4)o2)cccc1[N+](=O)[O-]. The monoisotopic (exact) mass is 464 g/mol. The van der Waals surface area contributed by atoms with Crippen molar-refractivity contribution in [2.45, 2.75) is 19.9 Å². The summed E-state index contributed by atoms with van der Waals surface area (Å²) in [5, 5.41) is 17.6. The second-order valence-electron chi connectivity index (χ2n) is 7.41. The van der Waals surface area contributed by atoms with Crippen LogP contribution in [0.5, 0.6) is 11.5 Å². The highest BCUT2D eigenvalue weighted by Crippen LogP contribution is 2.32. The number of hydrogen-bond acceptors (Lipinski definition) is 8. The molecular weight excluding hydrogens is 444 g/mol. The summed E-state index contributed by atoms with van der Waals surface area (Å²) < 4.78 is 16.1. The van der Waals surface area contributed by atoms with E-state index in [1.54, 1.807) is 43.3 Å². The molecule has 2 heterocycles. The van der Waals surface area contributed by atoms with E-state index in [2.05, 4.69) is 15.8 Å². The predicted octanol–water partition coefficient (Wildman–Crippen LogP) is 3.16. The number of carbonyl (C=O) groups excluding carboxylic acids is 2. The fourth-order valence-corrected chi connectivity index (χ4v) is 3.29. The molecule has 1 aliphatic heterocycles. The third kappa shape index (κ3) is 4.72. The van der Waals surface area contributed by atoms with E-state index in [9.17, 15) is 19.7 Å². The number of nitro groups is 1. The fraction of sp³-hybridized carbons (Fsp3) is 0.174. The number of nitro benzene ring substituents is 1. The number of nitrogens with zero attached hydrogens (tertiary/aromatic N) is 2. The Morgan fingerprint density at radius 3 is 2.74 bits per heavy atom. The Morgan fingerprint density at radius 2 is 1.94 bits per heavy atom. The van der Waals surface area contributed by atoms with Crippen molar-refractivity contribution in [1.29, 1.82) is 0 Å². The quantitative estimate of drug-likeness (QED) is 0.310. The molecule has 174 valence electrons. The molecule has 4 rings (SSSR count). The van der Waals surface area contributed by atoms with Crippen LogP contribution in [0, 0.1) is 17.0 Å². The van der Waals surface area contributed by atoms with Gasteiger partial charge in [0.2, 0.25) is 6.79 Å². The number of hydrogen-bond donors (Lipinski definition) is 2. The van der Waals surface area contributed by atoms with Crippen molar-refractivity contribution in [2.24, 2.45) is 5.10 Å². The number of amides is 2. The highest BCUT2D eigenvalue weighted by Gasteiger charge is 2.20. The summed E-state index contributed by atoms with van der Waals surface area (Å²) in [5.74, 6) is 0.794. The van der Waals surface area contributed by atoms with Gasteiger partial charge >= 0.3 is 0 Å². The van der Waals surface area contributed by atoms with Crippen LogP contribution in [0.3, 0.4) is 0 Å². The molecule has 0 aliphatic carbocycles. The first-order valence-electron chi connectivity index (χ1n) is 10.2. The summed E-state index contributed by atoms with van der Waals surface area (Å²) in [6.07, 6.45) is 1.29. The van der Waals surface area contributed by atoms with E-state index in [1.165, 1.54) is 25.3 Å². The number of fused-ring (bicyclic) bond motifs is 1. The maximum atomic E-state index is 12.4. The maximum absolute atomic E-state index is 12.4. The number of ether oxygens (including phenoxy) is 2. The van der Waals surface area contributed by atoms with Crippen LogP contribution in [0.2, 0.25) is 0 Å². The maximum Gasteiger partial charge on any atom is 0.273 e. The van der Waals surface area contributed by atoms with Gasteiger partial charge in [-0.25, -0.2) is 5.43 Å². The Morgan fingerprint density at radius 1 is 1.15 bits per heavy atom. The number of carbonyl (C=O) groups is 2. The first-order valence-corrected chi connectivity index (χ1v) is 10.2. The highest BCUT2D eigenvalue weighted by atomic mass is 16.7. The van der Waals surface area contributed by atoms with Crippen molar-refractivity contribution >= 4 is 23.7 Å². The van der Waals surface area contributed by atoms with E-state index in [0.717, 1.165) is 0 Å². The molecule has 0 bridgehead atoms. The van der Waals surface area contributed by atoms with E-state index in [4.69, 9.17) is 13.9 Å². The zero-order valence-electron chi connectivity index (χ0n) is 18.2. The van der Waals surface area contributed by atoms with Gasteiger partial charge in [-0.15, -0.1) is 0 Å². The summed E-state index contributed by atoms with van der Waals surface area (Å²) in [5.41, 5.74) is 3.71. The predicted molar refractivity (Wildman–Crippen MR) is 121 cm³/mol. The topological polar surface area (TPSA) is 145 Å². The zero-order valence-corrected chi connectivity index (χ0v) is 18.2. The van der Waals surface area contributed by atoms with Gasteiger partial charge in [-0.2, -0.15) is 5.10 Å². The number of benzene rings is 2. The Balaban J connectivity index is 1.34. The molecule has 2 aromatic carbocycles. The zero-order chi connectivity index (χ0) is 24.2. The van der Waals surface area contributed by atoms with Gasteiger partial charge in [-0.1, -0.05) is 12.1 Å². The van der Waals surface area contributed by atoms with Gasteiger partial charge in [0.1, 0.15) is 17.6 Å². The molecule has 11 heteroatoms. The van der Waals surface area contributed by atoms with Crippen molar-refractivity contribution in [3.63, 3.8) is 0 Å². The Kier molecular flexibility index (Phi) is 6.26. The minimum Gasteiger partial charge on any atom is -0.455 e. The summed E-state index contributed by atoms with van der Waals surface area (Å²) in [4.78, 5) is 35.4. The molecule has 1 atom stereocenters. The Labute approximate surface area is 193 Å². The van der Waals surface area contributed by atoms with Crippen molar-refractivity contribution < 1.29 is 28.4 Å². The molecule has 0 fully saturated rings. The van der Waals surface area contributed by atoms with Gasteiger partial charge in [0.15, 0.2) is 11.5 Å². The van der Waals surface area contributed by atoms with Crippen LogP contribution in [-0.4, -0.2) is 35.8 Å². The summed E-state index contributed by atoms with van der Waals surface area (Å²) in [7, 11) is 0. The number of furan rings is 1. The first-order chi connectivity index (χ1) is 16.3. The van der Waals surface area contributed by atoms with E-state index in [0.29, 0.717) is 39.7 Å². The molecule has 0 unspecified atom stereocenters. The van der Waals surface area contributed by atoms with Gasteiger partial charge in [-0.05, 0) is 44.2 Å². The molecular formula is C23H20N4O7. The molecule has 1 aromatic heterocycles. The second-order valence-corrected chi connectivity index (χ2v) is 7.41. The Hall–Kier alpha value is -4.67. The minimum atomic E-state index is -0.866. The van der Waals surface area contributed by atoms with E-state index >= 15 is 0 Å². The first kappa shape index (κ1) is 22.5. The lowest BCUT2D eigenvalue weighted by molar-refractivity contribution is -0.385. The summed E-state index contributed by atoms with van der Waals surface area (Å²) in [6, 6.07) is 11.9. The van der Waals surface area contributed by atoms with Crippen LogP contribution in [0.1, 0.15) is 28.6 Å². The standard InChI is InChI=1S/C23H20N4O7/c1-13-17(4-3-5-18(13)27(30)31)19-9-7-16(34-19)11-24-26-22(28)14(2)25-23(29)15-6-8-20-21(10-15)33-12-32-20/h3-11,14H,12H2,1-2H3,(H,25,29)(H,26,28)/b24-11-/t14-/m0/s1. The number of nitrogens with one attached hydrogen (secondary N) is 2. The molecule has 0 spiro atoms. The average molecular weight is 464 g/mol. The molecule has 3 aromatic rings. The van der Waals surface area contributed by atoms with Gasteiger partial charge in [0.25, 0.3) is 17.5 Å². The van der Waals surface area contributed by atoms with Crippen LogP contribution < -0.4 is 20.2 Å². The largest absolute Gasteiger partial charge is 0.455 e. The van der Waals surface area contributed by atoms with E-state index < -0.39 is 22.8 Å². The number of hydrazone groups is 1. The van der Waals surface area contributed by atoms with E-state index in [-0.39, 0.29) is 12.5 Å². The van der Waals surface area contributed by atoms with Gasteiger partial charge in [0, 0.05) is 22.8 Å². The third-order valence-corrected chi connectivity index (χ3v) is 5.14. The molecule has 0 saturated heterocycles. The summed E-state index contributed by atoms with van der Waals surface area (Å²) >= 11 is 0. The average Bonchev–Trinajstić information content (AvgIpc) is 3.47. The van der Waals surface area contributed by atoms with Crippen LogP contribution in [0.15, 0.2) is 58.0 Å². The van der Waals surface area contributed by atoms with Crippen LogP contribution in [0.4, 0.5) is 5.69 Å². The van der Waals surface area contributed by atoms with Crippen molar-refractivity contribution in [1.82, 2.24) is 10.7 Å². The fourth-order valence-electron chi connectivity index (χ4n) is 3.29. The molecule has 1 aliphatic rings. The molecule has 11 nitrogen and oxygen atoms in total. The second kappa shape index (κ2) is 9.45. The molecule has 2 amide bonds. The lowest BCUT2D eigenvalue weighted by Gasteiger charge is -2.12. The van der Waals surface area contributed by atoms with Gasteiger partial charge in [0.05, 0.1) is 11.1 Å². The third-order valence-electron chi connectivity index (χ3n) is 5.14. The molecule has 0 radical (unpaired) electrons. The molecule has 34 heavy (non-hydrogen) atoms. The van der Waals surface area contributed by atoms with Crippen LogP contribution in [-0.2, 0) is 4.79 Å². The normalized spacial score (nSPS) is 13.0. The molecule has 0 saturated carbocycles. The lowest BCUT2D eigenvalue weighted by atomic mass is 10.1. The smallest absolute Gasteiger partial charge is 0.273 e.